The van der Waals surface area contributed by atoms with Crippen molar-refractivity contribution >= 4 is 28.2 Å². The van der Waals surface area contributed by atoms with Crippen LogP contribution in [0.3, 0.4) is 0 Å². The van der Waals surface area contributed by atoms with Crippen LogP contribution in [0.1, 0.15) is 33.3 Å². The van der Waals surface area contributed by atoms with Crippen LogP contribution in [0.2, 0.25) is 0 Å². The van der Waals surface area contributed by atoms with Gasteiger partial charge in [0.1, 0.15) is 5.00 Å². The first kappa shape index (κ1) is 20.4. The first-order valence-corrected chi connectivity index (χ1v) is 9.23. The van der Waals surface area contributed by atoms with Crippen LogP contribution in [0.4, 0.5) is 5.00 Å². The van der Waals surface area contributed by atoms with Crippen LogP contribution in [-0.2, 0) is 28.9 Å². The van der Waals surface area contributed by atoms with Crippen LogP contribution in [-0.4, -0.2) is 37.0 Å². The Balaban J connectivity index is 0.00000243. The smallest absolute Gasteiger partial charge is 0.341 e. The third-order valence-corrected chi connectivity index (χ3v) is 5.57. The molecule has 1 N–H and O–H groups in total. The van der Waals surface area contributed by atoms with Gasteiger partial charge in [0.25, 0.3) is 0 Å². The van der Waals surface area contributed by atoms with Crippen molar-refractivity contribution in [1.82, 2.24) is 4.90 Å². The molecule has 140 valence electrons. The van der Waals surface area contributed by atoms with E-state index < -0.39 is 0 Å². The molecule has 1 aliphatic heterocycles. The summed E-state index contributed by atoms with van der Waals surface area (Å²) in [5, 5.41) is 3.53. The van der Waals surface area contributed by atoms with E-state index in [1.807, 2.05) is 30.3 Å². The number of esters is 1. The second kappa shape index (κ2) is 9.16. The number of thiophene rings is 1. The van der Waals surface area contributed by atoms with Crippen LogP contribution in [0, 0.1) is 0 Å². The number of hydrogen-bond acceptors (Lipinski definition) is 5. The summed E-state index contributed by atoms with van der Waals surface area (Å²) in [7, 11) is 1.38. The number of nitrogens with zero attached hydrogens (tertiary/aromatic N) is 1. The van der Waals surface area contributed by atoms with E-state index in [1.165, 1.54) is 18.4 Å². The van der Waals surface area contributed by atoms with Gasteiger partial charge in [0, 0.05) is 18.0 Å². The highest BCUT2D eigenvalue weighted by Crippen LogP contribution is 2.37. The largest absolute Gasteiger partial charge is 1.00 e. The Kier molecular flexibility index (Phi) is 7.20. The highest BCUT2D eigenvalue weighted by Gasteiger charge is 2.28. The lowest BCUT2D eigenvalue weighted by Crippen LogP contribution is -3.00. The summed E-state index contributed by atoms with van der Waals surface area (Å²) in [6.07, 6.45) is 1.09. The Morgan fingerprint density at radius 3 is 2.65 bits per heavy atom. The molecule has 0 saturated carbocycles. The van der Waals surface area contributed by atoms with Gasteiger partial charge >= 0.3 is 5.97 Å². The molecule has 1 aromatic carbocycles. The third kappa shape index (κ3) is 4.44. The number of anilines is 1. The van der Waals surface area contributed by atoms with Crippen molar-refractivity contribution in [2.24, 2.45) is 0 Å². The molecule has 1 aliphatic rings. The van der Waals surface area contributed by atoms with E-state index in [2.05, 4.69) is 17.1 Å². The SMILES string of the molecule is CCN1CCc2c(sc(NC(=O)Cc3ccccc3)c2C(=O)OC)C1.[Cl-]. The standard InChI is InChI=1S/C19H22N2O3S.ClH/c1-3-21-10-9-14-15(12-21)25-18(17(14)19(23)24-2)20-16(22)11-13-7-5-4-6-8-13;/h4-8H,3,9-12H2,1-2H3,(H,20,22);1H/p-1. The molecule has 1 aromatic heterocycles. The fourth-order valence-electron chi connectivity index (χ4n) is 3.08. The fourth-order valence-corrected chi connectivity index (χ4v) is 4.38. The highest BCUT2D eigenvalue weighted by atomic mass is 35.5. The minimum Gasteiger partial charge on any atom is -1.00 e. The quantitative estimate of drug-likeness (QED) is 0.732. The molecule has 0 atom stereocenters. The van der Waals surface area contributed by atoms with Crippen molar-refractivity contribution in [3.8, 4) is 0 Å². The molecule has 0 aliphatic carbocycles. The topological polar surface area (TPSA) is 58.6 Å². The lowest BCUT2D eigenvalue weighted by molar-refractivity contribution is -0.115. The fraction of sp³-hybridized carbons (Fsp3) is 0.368. The molecule has 0 fully saturated rings. The minimum atomic E-state index is -0.377. The summed E-state index contributed by atoms with van der Waals surface area (Å²) in [5.41, 5.74) is 2.49. The number of benzene rings is 1. The molecule has 2 heterocycles. The molecule has 0 bridgehead atoms. The predicted molar refractivity (Wildman–Crippen MR) is 99.1 cm³/mol. The van der Waals surface area contributed by atoms with E-state index >= 15 is 0 Å². The maximum absolute atomic E-state index is 12.4. The van der Waals surface area contributed by atoms with Gasteiger partial charge in [0.15, 0.2) is 0 Å². The Morgan fingerprint density at radius 1 is 1.27 bits per heavy atom. The highest BCUT2D eigenvalue weighted by molar-refractivity contribution is 7.17. The molecule has 3 rings (SSSR count). The van der Waals surface area contributed by atoms with Crippen LogP contribution in [0.5, 0.6) is 0 Å². The van der Waals surface area contributed by atoms with Gasteiger partial charge in [-0.05, 0) is 24.1 Å². The summed E-state index contributed by atoms with van der Waals surface area (Å²) < 4.78 is 4.96. The molecular weight excluding hydrogens is 372 g/mol. The summed E-state index contributed by atoms with van der Waals surface area (Å²) in [4.78, 5) is 28.2. The van der Waals surface area contributed by atoms with E-state index in [9.17, 15) is 9.59 Å². The maximum atomic E-state index is 12.4. The zero-order valence-electron chi connectivity index (χ0n) is 14.9. The number of ether oxygens (including phenoxy) is 1. The Bertz CT molecular complexity index is 777. The summed E-state index contributed by atoms with van der Waals surface area (Å²) in [6, 6.07) is 9.57. The van der Waals surface area contributed by atoms with Crippen molar-refractivity contribution in [1.29, 1.82) is 0 Å². The third-order valence-electron chi connectivity index (χ3n) is 4.43. The maximum Gasteiger partial charge on any atom is 0.341 e. The van der Waals surface area contributed by atoms with E-state index in [0.29, 0.717) is 10.6 Å². The van der Waals surface area contributed by atoms with Crippen molar-refractivity contribution in [2.45, 2.75) is 26.3 Å². The number of amides is 1. The van der Waals surface area contributed by atoms with Crippen molar-refractivity contribution in [2.75, 3.05) is 25.5 Å². The number of rotatable bonds is 5. The number of halogens is 1. The number of nitrogens with one attached hydrogen (secondary N) is 1. The first-order chi connectivity index (χ1) is 12.1. The molecule has 7 heteroatoms. The normalized spacial score (nSPS) is 13.5. The molecule has 0 radical (unpaired) electrons. The Labute approximate surface area is 163 Å². The molecule has 2 aromatic rings. The number of hydrogen-bond donors (Lipinski definition) is 1. The van der Waals surface area contributed by atoms with E-state index in [1.54, 1.807) is 0 Å². The molecule has 5 nitrogen and oxygen atoms in total. The number of likely N-dealkylation sites (N-methyl/N-ethyl adjacent to an activating group) is 1. The summed E-state index contributed by atoms with van der Waals surface area (Å²) in [5.74, 6) is -0.500. The second-order valence-electron chi connectivity index (χ2n) is 6.03. The molecule has 0 saturated heterocycles. The lowest BCUT2D eigenvalue weighted by Gasteiger charge is -2.25. The first-order valence-electron chi connectivity index (χ1n) is 8.41. The summed E-state index contributed by atoms with van der Waals surface area (Å²) >= 11 is 1.49. The van der Waals surface area contributed by atoms with Crippen LogP contribution >= 0.6 is 11.3 Å². The Hall–Kier alpha value is -1.89. The van der Waals surface area contributed by atoms with E-state index in [-0.39, 0.29) is 30.7 Å². The van der Waals surface area contributed by atoms with Crippen LogP contribution < -0.4 is 17.7 Å². The van der Waals surface area contributed by atoms with E-state index in [4.69, 9.17) is 4.74 Å². The Morgan fingerprint density at radius 2 is 2.00 bits per heavy atom. The average Bonchev–Trinajstić information content (AvgIpc) is 2.98. The lowest BCUT2D eigenvalue weighted by atomic mass is 10.0. The molecular formula is C19H22ClN2O3S-. The van der Waals surface area contributed by atoms with Gasteiger partial charge < -0.3 is 22.5 Å². The van der Waals surface area contributed by atoms with Gasteiger partial charge in [-0.15, -0.1) is 11.3 Å². The predicted octanol–water partition coefficient (Wildman–Crippen LogP) is 0.0979. The van der Waals surface area contributed by atoms with Crippen molar-refractivity contribution in [3.05, 3.63) is 51.9 Å². The molecule has 0 spiro atoms. The number of methoxy groups -OCH3 is 1. The van der Waals surface area contributed by atoms with Crippen molar-refractivity contribution in [3.63, 3.8) is 0 Å². The second-order valence-corrected chi connectivity index (χ2v) is 7.13. The number of carbonyl (C=O) groups is 2. The zero-order chi connectivity index (χ0) is 17.8. The minimum absolute atomic E-state index is 0. The number of fused-ring (bicyclic) bond motifs is 1. The summed E-state index contributed by atoms with van der Waals surface area (Å²) in [6.45, 7) is 4.83. The van der Waals surface area contributed by atoms with Crippen molar-refractivity contribution < 1.29 is 26.7 Å². The van der Waals surface area contributed by atoms with Gasteiger partial charge in [-0.3, -0.25) is 9.69 Å². The van der Waals surface area contributed by atoms with E-state index in [0.717, 1.165) is 42.1 Å². The molecule has 1 amide bonds. The van der Waals surface area contributed by atoms with Gasteiger partial charge in [-0.2, -0.15) is 0 Å². The van der Waals surface area contributed by atoms with Crippen LogP contribution in [0.25, 0.3) is 0 Å². The molecule has 26 heavy (non-hydrogen) atoms. The average molecular weight is 394 g/mol. The van der Waals surface area contributed by atoms with Gasteiger partial charge in [0.2, 0.25) is 5.91 Å². The van der Waals surface area contributed by atoms with Gasteiger partial charge in [0.05, 0.1) is 19.1 Å². The van der Waals surface area contributed by atoms with Gasteiger partial charge in [-0.1, -0.05) is 37.3 Å². The van der Waals surface area contributed by atoms with Crippen LogP contribution in [0.15, 0.2) is 30.3 Å². The molecule has 0 unspecified atom stereocenters. The number of carbonyl (C=O) groups excluding carboxylic acids is 2. The van der Waals surface area contributed by atoms with Gasteiger partial charge in [-0.25, -0.2) is 4.79 Å². The zero-order valence-corrected chi connectivity index (χ0v) is 16.5. The monoisotopic (exact) mass is 393 g/mol.